The van der Waals surface area contributed by atoms with E-state index in [2.05, 4.69) is 51.7 Å². The number of rotatable bonds is 12. The molecular weight excluding hydrogens is 772 g/mol. The number of aryl methyl sites for hydroxylation is 2. The van der Waals surface area contributed by atoms with Gasteiger partial charge in [0.1, 0.15) is 28.5 Å². The second kappa shape index (κ2) is 13.9. The summed E-state index contributed by atoms with van der Waals surface area (Å²) >= 11 is 3.75. The number of carbonyl (C=O) groups is 2. The average Bonchev–Trinajstić information content (AvgIpc) is 4.11. The topological polar surface area (TPSA) is 144 Å². The fourth-order valence-electron chi connectivity index (χ4n) is 8.03. The van der Waals surface area contributed by atoms with Crippen LogP contribution in [0.3, 0.4) is 0 Å². The Morgan fingerprint density at radius 3 is 2.12 bits per heavy atom. The van der Waals surface area contributed by atoms with Crippen molar-refractivity contribution >= 4 is 72.7 Å². The molecule has 2 saturated carbocycles. The molecule has 4 N–H and O–H groups in total. The van der Waals surface area contributed by atoms with E-state index in [-0.39, 0.29) is 17.0 Å². The van der Waals surface area contributed by atoms with Gasteiger partial charge in [0, 0.05) is 70.6 Å². The normalized spacial score (nSPS) is 16.3. The molecule has 0 saturated heterocycles. The van der Waals surface area contributed by atoms with E-state index in [1.54, 1.807) is 31.6 Å². The molecule has 2 atom stereocenters. The number of nitrogens with one attached hydrogen (secondary N) is 2. The third-order valence-electron chi connectivity index (χ3n) is 11.2. The summed E-state index contributed by atoms with van der Waals surface area (Å²) in [5.74, 6) is 0.257. The quantitative estimate of drug-likeness (QED) is 0.0948. The lowest BCUT2D eigenvalue weighted by Crippen LogP contribution is -2.07. The van der Waals surface area contributed by atoms with E-state index in [9.17, 15) is 19.8 Å². The molecule has 56 heavy (non-hydrogen) atoms. The summed E-state index contributed by atoms with van der Waals surface area (Å²) in [7, 11) is 5.70. The van der Waals surface area contributed by atoms with Crippen LogP contribution in [0.2, 0.25) is 0 Å². The van der Waals surface area contributed by atoms with Gasteiger partial charge in [-0.25, -0.2) is 19.6 Å². The molecule has 4 aromatic heterocycles. The maximum atomic E-state index is 12.6. The minimum absolute atomic E-state index is 0.128. The Kier molecular flexibility index (Phi) is 8.80. The van der Waals surface area contributed by atoms with Gasteiger partial charge >= 0.3 is 11.9 Å². The van der Waals surface area contributed by atoms with Crippen molar-refractivity contribution in [2.45, 2.75) is 37.5 Å². The zero-order valence-corrected chi connectivity index (χ0v) is 32.6. The number of carboxylic acid groups (broad SMARTS) is 2. The minimum atomic E-state index is -1.04. The summed E-state index contributed by atoms with van der Waals surface area (Å²) in [5.41, 5.74) is 8.93. The lowest BCUT2D eigenvalue weighted by Gasteiger charge is -2.14. The number of hydrogen-bond acceptors (Lipinski definition) is 7. The van der Waals surface area contributed by atoms with Crippen LogP contribution in [-0.4, -0.2) is 48.4 Å². The largest absolute Gasteiger partial charge is 0.497 e. The number of carboxylic acids is 2. The van der Waals surface area contributed by atoms with E-state index >= 15 is 0 Å². The van der Waals surface area contributed by atoms with E-state index in [1.165, 1.54) is 0 Å². The van der Waals surface area contributed by atoms with Gasteiger partial charge < -0.3 is 34.7 Å². The first-order valence-corrected chi connectivity index (χ1v) is 19.4. The van der Waals surface area contributed by atoms with E-state index in [4.69, 9.17) is 4.74 Å². The highest BCUT2D eigenvalue weighted by molar-refractivity contribution is 9.10. The van der Waals surface area contributed by atoms with Crippen molar-refractivity contribution in [1.29, 1.82) is 0 Å². The van der Waals surface area contributed by atoms with Crippen molar-refractivity contribution in [2.75, 3.05) is 17.7 Å². The number of pyridine rings is 2. The van der Waals surface area contributed by atoms with Crippen LogP contribution in [0.25, 0.3) is 32.9 Å². The highest BCUT2D eigenvalue weighted by Crippen LogP contribution is 2.50. The average molecular weight is 812 g/mol. The van der Waals surface area contributed by atoms with E-state index in [1.807, 2.05) is 74.9 Å². The standard InChI is InChI=1S/C44H39BrN6O5/c1-50-11-10-25-12-30(19-35(39(25)50)24-6-8-33(56-3)9-7-24)48-42-37(44(54)55)18-29(22-47-42)34-16-26(34)14-32-15-27-13-31(20-38(45)40(27)51(32)2)49-41-36(43(52)53)17-28(21-46-41)23-4-5-23/h6-13,15,17-23,26,34H,4-5,14,16H2,1-3H3,(H,46,49)(H,47,48)(H,52,53)(H,54,55). The Labute approximate surface area is 331 Å². The highest BCUT2D eigenvalue weighted by atomic mass is 79.9. The molecule has 0 radical (unpaired) electrons. The maximum absolute atomic E-state index is 12.6. The molecule has 0 amide bonds. The first-order valence-electron chi connectivity index (χ1n) is 18.6. The Hall–Kier alpha value is -6.14. The van der Waals surface area contributed by atoms with Gasteiger partial charge in [-0.05, 0) is 137 Å². The minimum Gasteiger partial charge on any atom is -0.497 e. The van der Waals surface area contributed by atoms with Gasteiger partial charge in [-0.15, -0.1) is 0 Å². The molecule has 2 fully saturated rings. The van der Waals surface area contributed by atoms with Crippen molar-refractivity contribution < 1.29 is 24.5 Å². The summed E-state index contributed by atoms with van der Waals surface area (Å²) in [6.45, 7) is 0. The van der Waals surface area contributed by atoms with Gasteiger partial charge in [-0.3, -0.25) is 0 Å². The summed E-state index contributed by atoms with van der Waals surface area (Å²) in [6, 6.07) is 23.6. The van der Waals surface area contributed by atoms with Gasteiger partial charge in [0.2, 0.25) is 0 Å². The summed E-state index contributed by atoms with van der Waals surface area (Å²) < 4.78 is 10.5. The van der Waals surface area contributed by atoms with Gasteiger partial charge in [0.25, 0.3) is 0 Å². The summed E-state index contributed by atoms with van der Waals surface area (Å²) in [5, 5.41) is 28.8. The third-order valence-corrected chi connectivity index (χ3v) is 11.8. The van der Waals surface area contributed by atoms with Gasteiger partial charge in [0.05, 0.1) is 18.1 Å². The Morgan fingerprint density at radius 2 is 1.46 bits per heavy atom. The van der Waals surface area contributed by atoms with Gasteiger partial charge in [0.15, 0.2) is 0 Å². The van der Waals surface area contributed by atoms with Crippen molar-refractivity contribution in [2.24, 2.45) is 20.0 Å². The van der Waals surface area contributed by atoms with Crippen molar-refractivity contribution in [3.8, 4) is 16.9 Å². The molecule has 2 aliphatic rings. The first-order chi connectivity index (χ1) is 27.0. The number of benzene rings is 3. The maximum Gasteiger partial charge on any atom is 0.339 e. The zero-order valence-electron chi connectivity index (χ0n) is 31.0. The second-order valence-electron chi connectivity index (χ2n) is 15.0. The molecule has 0 bridgehead atoms. The lowest BCUT2D eigenvalue weighted by molar-refractivity contribution is 0.0686. The molecule has 282 valence electrons. The number of fused-ring (bicyclic) bond motifs is 2. The molecule has 11 nitrogen and oxygen atoms in total. The number of nitrogens with zero attached hydrogens (tertiary/aromatic N) is 4. The number of aromatic carboxylic acids is 2. The van der Waals surface area contributed by atoms with E-state index in [0.717, 1.165) is 97.0 Å². The number of methoxy groups -OCH3 is 1. The number of hydrogen-bond donors (Lipinski definition) is 4. The summed E-state index contributed by atoms with van der Waals surface area (Å²) in [6.07, 6.45) is 9.47. The van der Waals surface area contributed by atoms with Crippen LogP contribution >= 0.6 is 15.9 Å². The molecule has 2 unspecified atom stereocenters. The Bertz CT molecular complexity index is 2720. The second-order valence-corrected chi connectivity index (χ2v) is 15.8. The van der Waals surface area contributed by atoms with Crippen LogP contribution in [0.1, 0.15) is 68.6 Å². The third kappa shape index (κ3) is 6.63. The molecular formula is C44H39BrN6O5. The van der Waals surface area contributed by atoms with Crippen LogP contribution in [0.15, 0.2) is 95.9 Å². The highest BCUT2D eigenvalue weighted by Gasteiger charge is 2.39. The van der Waals surface area contributed by atoms with Crippen LogP contribution in [-0.2, 0) is 20.5 Å². The van der Waals surface area contributed by atoms with Gasteiger partial charge in [-0.2, -0.15) is 0 Å². The predicted molar refractivity (Wildman–Crippen MR) is 221 cm³/mol. The molecule has 0 aliphatic heterocycles. The molecule has 12 heteroatoms. The number of halogens is 1. The van der Waals surface area contributed by atoms with Crippen LogP contribution in [0, 0.1) is 5.92 Å². The fraction of sp³-hybridized carbons (Fsp3) is 0.227. The van der Waals surface area contributed by atoms with Crippen LogP contribution < -0.4 is 15.4 Å². The molecule has 9 rings (SSSR count). The SMILES string of the molecule is COc1ccc(-c2cc(Nc3ncc(C4CC4Cc4cc5cc(Nc6ncc(C7CC7)cc6C(=O)O)cc(Br)c5n4C)cc3C(=O)O)cc3ccn(C)c23)cc1. The van der Waals surface area contributed by atoms with Crippen LogP contribution in [0.5, 0.6) is 5.75 Å². The van der Waals surface area contributed by atoms with Crippen molar-refractivity contribution in [3.05, 3.63) is 124 Å². The van der Waals surface area contributed by atoms with E-state index in [0.29, 0.717) is 23.5 Å². The smallest absolute Gasteiger partial charge is 0.339 e. The molecule has 4 heterocycles. The fourth-order valence-corrected chi connectivity index (χ4v) is 8.77. The molecule has 3 aromatic carbocycles. The van der Waals surface area contributed by atoms with Crippen molar-refractivity contribution in [1.82, 2.24) is 19.1 Å². The summed E-state index contributed by atoms with van der Waals surface area (Å²) in [4.78, 5) is 33.9. The lowest BCUT2D eigenvalue weighted by atomic mass is 10.0. The van der Waals surface area contributed by atoms with Crippen LogP contribution in [0.4, 0.5) is 23.0 Å². The number of aromatic nitrogens is 4. The Morgan fingerprint density at radius 1 is 0.821 bits per heavy atom. The van der Waals surface area contributed by atoms with Crippen molar-refractivity contribution in [3.63, 3.8) is 0 Å². The zero-order chi connectivity index (χ0) is 38.8. The Balaban J connectivity index is 0.938. The number of ether oxygens (including phenoxy) is 1. The number of anilines is 4. The molecule has 2 aliphatic carbocycles. The predicted octanol–water partition coefficient (Wildman–Crippen LogP) is 10.0. The molecule has 0 spiro atoms. The molecule has 7 aromatic rings. The van der Waals surface area contributed by atoms with Gasteiger partial charge in [-0.1, -0.05) is 12.1 Å². The van der Waals surface area contributed by atoms with E-state index < -0.39 is 11.9 Å². The monoisotopic (exact) mass is 810 g/mol. The first kappa shape index (κ1) is 35.6.